The summed E-state index contributed by atoms with van der Waals surface area (Å²) in [5.41, 5.74) is 1.25. The van der Waals surface area contributed by atoms with E-state index in [4.69, 9.17) is 10.3 Å². The summed E-state index contributed by atoms with van der Waals surface area (Å²) in [5, 5.41) is 14.7. The number of rotatable bonds is 1. The smallest absolute Gasteiger partial charge is 0.327 e. The molecule has 0 radical (unpaired) electrons. The maximum atomic E-state index is 9.25. The van der Waals surface area contributed by atoms with Crippen LogP contribution in [-0.2, 0) is 4.79 Å². The lowest BCUT2D eigenvalue weighted by Crippen LogP contribution is -2.14. The molecule has 0 aromatic rings. The van der Waals surface area contributed by atoms with Gasteiger partial charge in [-0.25, -0.2) is 10.6 Å². The second-order valence-electron chi connectivity index (χ2n) is 0.671. The van der Waals surface area contributed by atoms with E-state index in [1.54, 1.807) is 0 Å². The molecule has 0 aromatic heterocycles. The van der Waals surface area contributed by atoms with Crippen LogP contribution in [0, 0.1) is 0 Å². The Morgan fingerprint density at radius 3 is 2.00 bits per heavy atom. The molecule has 5 nitrogen and oxygen atoms in total. The monoisotopic (exact) mass is 120 g/mol. The number of carboxylic acids is 1. The molecule has 0 amide bonds. The molecular formula is C3H8N2O3. The number of carbonyl (C=O) groups is 1. The Hall–Kier alpha value is -0.910. The number of hydrogen-bond donors (Lipinski definition) is 4. The van der Waals surface area contributed by atoms with Crippen LogP contribution in [0.3, 0.4) is 0 Å². The van der Waals surface area contributed by atoms with Crippen LogP contribution < -0.4 is 11.4 Å². The fourth-order valence-electron chi connectivity index (χ4n) is 0. The Kier molecular flexibility index (Phi) is 12.0. The van der Waals surface area contributed by atoms with Gasteiger partial charge in [0.25, 0.3) is 0 Å². The average molecular weight is 120 g/mol. The normalized spacial score (nSPS) is 6.25. The maximum Gasteiger partial charge on any atom is 0.327 e. The van der Waals surface area contributed by atoms with Crippen molar-refractivity contribution in [3.8, 4) is 0 Å². The van der Waals surface area contributed by atoms with Gasteiger partial charge in [-0.3, -0.25) is 0 Å². The van der Waals surface area contributed by atoms with E-state index in [2.05, 4.69) is 12.4 Å². The summed E-state index contributed by atoms with van der Waals surface area (Å²) in [5.74, 6) is 3.17. The van der Waals surface area contributed by atoms with Crippen molar-refractivity contribution in [3.05, 3.63) is 12.7 Å². The molecule has 48 valence electrons. The fraction of sp³-hybridized carbons (Fsp3) is 0. The summed E-state index contributed by atoms with van der Waals surface area (Å²) < 4.78 is 0. The number of hydrazine groups is 1. The first-order valence-electron chi connectivity index (χ1n) is 1.64. The zero-order valence-corrected chi connectivity index (χ0v) is 4.16. The molecule has 0 saturated heterocycles. The van der Waals surface area contributed by atoms with Crippen LogP contribution in [0.2, 0.25) is 0 Å². The van der Waals surface area contributed by atoms with Gasteiger partial charge in [0.05, 0.1) is 0 Å². The number of aliphatic carboxylic acids is 1. The predicted molar refractivity (Wildman–Crippen MR) is 26.9 cm³/mol. The molecule has 0 heterocycles. The van der Waals surface area contributed by atoms with Crippen LogP contribution in [0.25, 0.3) is 0 Å². The van der Waals surface area contributed by atoms with Gasteiger partial charge in [0.2, 0.25) is 0 Å². The van der Waals surface area contributed by atoms with E-state index in [1.165, 1.54) is 5.59 Å². The highest BCUT2D eigenvalue weighted by atomic mass is 16.5. The summed E-state index contributed by atoms with van der Waals surface area (Å²) in [7, 11) is 0. The zero-order valence-electron chi connectivity index (χ0n) is 4.16. The Morgan fingerprint density at radius 2 is 2.00 bits per heavy atom. The number of carboxylic acid groups (broad SMARTS) is 1. The minimum absolute atomic E-state index is 0.833. The highest BCUT2D eigenvalue weighted by Gasteiger charge is 1.73. The van der Waals surface area contributed by atoms with Gasteiger partial charge in [-0.05, 0) is 0 Å². The molecule has 0 atom stereocenters. The van der Waals surface area contributed by atoms with Gasteiger partial charge in [0.1, 0.15) is 0 Å². The van der Waals surface area contributed by atoms with Gasteiger partial charge in [0, 0.05) is 6.08 Å². The first kappa shape index (κ1) is 10.1. The molecule has 0 aliphatic heterocycles. The fourth-order valence-corrected chi connectivity index (χ4v) is 0. The first-order chi connectivity index (χ1) is 3.68. The Morgan fingerprint density at radius 1 is 1.88 bits per heavy atom. The van der Waals surface area contributed by atoms with E-state index in [9.17, 15) is 4.79 Å². The van der Waals surface area contributed by atoms with E-state index < -0.39 is 5.97 Å². The molecule has 0 aliphatic carbocycles. The summed E-state index contributed by atoms with van der Waals surface area (Å²) in [6, 6.07) is 0. The summed E-state index contributed by atoms with van der Waals surface area (Å²) in [4.78, 5) is 9.25. The molecule has 0 rings (SSSR count). The lowest BCUT2D eigenvalue weighted by atomic mass is 10.7. The third-order valence-corrected chi connectivity index (χ3v) is 0.175. The molecule has 0 fully saturated rings. The second kappa shape index (κ2) is 9.43. The lowest BCUT2D eigenvalue weighted by Gasteiger charge is -1.64. The minimum atomic E-state index is -0.981. The molecule has 0 aliphatic rings. The second-order valence-corrected chi connectivity index (χ2v) is 0.671. The molecule has 0 bridgehead atoms. The number of nitrogens with two attached hydrogens (primary N) is 1. The topological polar surface area (TPSA) is 95.6 Å². The Balaban J connectivity index is 0. The van der Waals surface area contributed by atoms with Crippen molar-refractivity contribution in [2.45, 2.75) is 0 Å². The SMILES string of the molecule is C=CC(=O)O.NNO. The van der Waals surface area contributed by atoms with Gasteiger partial charge in [0.15, 0.2) is 0 Å². The zero-order chi connectivity index (χ0) is 6.99. The molecule has 0 unspecified atom stereocenters. The predicted octanol–water partition coefficient (Wildman–Crippen LogP) is -0.904. The van der Waals surface area contributed by atoms with Crippen LogP contribution in [0.5, 0.6) is 0 Å². The standard InChI is InChI=1S/C3H4O2.H4N2O/c1-2-3(4)5;1-2-3/h2H,1H2,(H,4,5);2-3H,1H2. The van der Waals surface area contributed by atoms with Crippen LogP contribution in [0.4, 0.5) is 0 Å². The van der Waals surface area contributed by atoms with Crippen molar-refractivity contribution in [3.63, 3.8) is 0 Å². The van der Waals surface area contributed by atoms with Crippen molar-refractivity contribution in [1.82, 2.24) is 5.59 Å². The van der Waals surface area contributed by atoms with E-state index in [-0.39, 0.29) is 0 Å². The van der Waals surface area contributed by atoms with Crippen molar-refractivity contribution in [1.29, 1.82) is 0 Å². The van der Waals surface area contributed by atoms with Crippen molar-refractivity contribution >= 4 is 5.97 Å². The van der Waals surface area contributed by atoms with Crippen molar-refractivity contribution in [2.75, 3.05) is 0 Å². The van der Waals surface area contributed by atoms with Gasteiger partial charge in [-0.2, -0.15) is 0 Å². The Labute approximate surface area is 46.3 Å². The van der Waals surface area contributed by atoms with Crippen molar-refractivity contribution in [2.24, 2.45) is 5.84 Å². The van der Waals surface area contributed by atoms with E-state index in [1.807, 2.05) is 0 Å². The molecule has 0 spiro atoms. The Bertz CT molecular complexity index is 72.9. The molecular weight excluding hydrogens is 112 g/mol. The van der Waals surface area contributed by atoms with Crippen LogP contribution in [0.15, 0.2) is 12.7 Å². The largest absolute Gasteiger partial charge is 0.478 e. The van der Waals surface area contributed by atoms with E-state index in [0.717, 1.165) is 6.08 Å². The van der Waals surface area contributed by atoms with Crippen LogP contribution in [-0.4, -0.2) is 16.3 Å². The third kappa shape index (κ3) is 71.7. The summed E-state index contributed by atoms with van der Waals surface area (Å²) in [6.07, 6.45) is 0.833. The van der Waals surface area contributed by atoms with E-state index in [0.29, 0.717) is 0 Å². The average Bonchev–Trinajstić information content (AvgIpc) is 1.69. The minimum Gasteiger partial charge on any atom is -0.478 e. The van der Waals surface area contributed by atoms with Gasteiger partial charge < -0.3 is 10.3 Å². The van der Waals surface area contributed by atoms with Gasteiger partial charge >= 0.3 is 5.97 Å². The van der Waals surface area contributed by atoms with Crippen LogP contribution >= 0.6 is 0 Å². The molecule has 8 heavy (non-hydrogen) atoms. The van der Waals surface area contributed by atoms with Gasteiger partial charge in [-0.1, -0.05) is 6.58 Å². The quantitative estimate of drug-likeness (QED) is 0.204. The number of nitrogens with one attached hydrogen (secondary N) is 1. The molecule has 0 aromatic carbocycles. The van der Waals surface area contributed by atoms with Crippen molar-refractivity contribution < 1.29 is 15.1 Å². The molecule has 5 heteroatoms. The highest BCUT2D eigenvalue weighted by molar-refractivity contribution is 5.78. The third-order valence-electron chi connectivity index (χ3n) is 0.175. The van der Waals surface area contributed by atoms with Crippen LogP contribution in [0.1, 0.15) is 0 Å². The molecule has 5 N–H and O–H groups in total. The highest BCUT2D eigenvalue weighted by Crippen LogP contribution is 1.54. The number of hydrogen-bond acceptors (Lipinski definition) is 4. The van der Waals surface area contributed by atoms with Gasteiger partial charge in [-0.15, -0.1) is 5.59 Å². The summed E-state index contributed by atoms with van der Waals surface area (Å²) in [6.45, 7) is 2.96. The lowest BCUT2D eigenvalue weighted by molar-refractivity contribution is -0.131. The molecule has 0 saturated carbocycles. The van der Waals surface area contributed by atoms with E-state index >= 15 is 0 Å². The maximum absolute atomic E-state index is 9.25. The first-order valence-corrected chi connectivity index (χ1v) is 1.64. The summed E-state index contributed by atoms with van der Waals surface area (Å²) >= 11 is 0.